The van der Waals surface area contributed by atoms with E-state index in [1.165, 1.54) is 10.9 Å². The van der Waals surface area contributed by atoms with E-state index in [9.17, 15) is 14.9 Å². The van der Waals surface area contributed by atoms with E-state index in [4.69, 9.17) is 11.6 Å². The number of thiophene rings is 1. The molecule has 0 unspecified atom stereocenters. The van der Waals surface area contributed by atoms with Gasteiger partial charge in [0.2, 0.25) is 0 Å². The molecule has 0 amide bonds. The third kappa shape index (κ3) is 3.25. The first-order valence-corrected chi connectivity index (χ1v) is 10.2. The van der Waals surface area contributed by atoms with Crippen molar-refractivity contribution < 1.29 is 4.92 Å². The maximum atomic E-state index is 12.6. The Morgan fingerprint density at radius 3 is 2.89 bits per heavy atom. The van der Waals surface area contributed by atoms with Gasteiger partial charge in [-0.2, -0.15) is 0 Å². The van der Waals surface area contributed by atoms with E-state index >= 15 is 0 Å². The highest BCUT2D eigenvalue weighted by Gasteiger charge is 2.22. The molecular weight excluding hydrogens is 398 g/mol. The van der Waals surface area contributed by atoms with E-state index in [1.54, 1.807) is 29.5 Å². The van der Waals surface area contributed by atoms with Gasteiger partial charge in [0.25, 0.3) is 11.2 Å². The first-order chi connectivity index (χ1) is 13.3. The van der Waals surface area contributed by atoms with E-state index in [0.717, 1.165) is 24.8 Å². The van der Waals surface area contributed by atoms with E-state index in [-0.39, 0.29) is 32.9 Å². The van der Waals surface area contributed by atoms with Crippen molar-refractivity contribution in [3.63, 3.8) is 0 Å². The Morgan fingerprint density at radius 2 is 2.18 bits per heavy atom. The molecule has 0 aliphatic heterocycles. The smallest absolute Gasteiger partial charge is 0.273 e. The summed E-state index contributed by atoms with van der Waals surface area (Å²) in [5.74, 6) is 0.310. The minimum atomic E-state index is -0.389. The molecule has 4 rings (SSSR count). The second-order valence-electron chi connectivity index (χ2n) is 7.17. The molecule has 144 valence electrons. The van der Waals surface area contributed by atoms with Gasteiger partial charge in [-0.25, -0.2) is 4.98 Å². The number of halogens is 1. The summed E-state index contributed by atoms with van der Waals surface area (Å²) in [7, 11) is 0. The summed E-state index contributed by atoms with van der Waals surface area (Å²) in [5.41, 5.74) is 2.23. The Labute approximate surface area is 170 Å². The van der Waals surface area contributed by atoms with Gasteiger partial charge in [0, 0.05) is 16.5 Å². The average molecular weight is 416 g/mol. The van der Waals surface area contributed by atoms with Crippen LogP contribution in [0.5, 0.6) is 0 Å². The molecule has 2 heterocycles. The van der Waals surface area contributed by atoms with Crippen molar-refractivity contribution in [3.8, 4) is 0 Å². The van der Waals surface area contributed by atoms with Gasteiger partial charge in [-0.05, 0) is 42.4 Å². The SMILES string of the molecule is CC(C)c1ccc(/C=C(/Cl)c2nc3sc4c(c3c(=O)[nH]2)CCC4)cc1[N+](=O)[O-]. The van der Waals surface area contributed by atoms with Gasteiger partial charge in [0.15, 0.2) is 5.82 Å². The minimum Gasteiger partial charge on any atom is -0.305 e. The van der Waals surface area contributed by atoms with Crippen LogP contribution in [0.15, 0.2) is 23.0 Å². The van der Waals surface area contributed by atoms with Crippen LogP contribution in [-0.4, -0.2) is 14.9 Å². The number of aromatic amines is 1. The predicted octanol–water partition coefficient (Wildman–Crippen LogP) is 5.24. The lowest BCUT2D eigenvalue weighted by molar-refractivity contribution is -0.385. The third-order valence-corrected chi connectivity index (χ3v) is 6.44. The minimum absolute atomic E-state index is 0.0371. The number of rotatable bonds is 4. The molecule has 0 spiro atoms. The number of hydrogen-bond donors (Lipinski definition) is 1. The molecule has 0 saturated heterocycles. The van der Waals surface area contributed by atoms with Crippen molar-refractivity contribution in [3.05, 3.63) is 66.1 Å². The first-order valence-electron chi connectivity index (χ1n) is 9.05. The second-order valence-corrected chi connectivity index (χ2v) is 8.67. The molecule has 1 aliphatic rings. The normalized spacial score (nSPS) is 14.1. The zero-order valence-corrected chi connectivity index (χ0v) is 17.0. The fourth-order valence-electron chi connectivity index (χ4n) is 3.63. The summed E-state index contributed by atoms with van der Waals surface area (Å²) in [6, 6.07) is 5.01. The lowest BCUT2D eigenvalue weighted by Crippen LogP contribution is -2.10. The van der Waals surface area contributed by atoms with Crippen LogP contribution in [0, 0.1) is 10.1 Å². The molecule has 0 radical (unpaired) electrons. The molecule has 8 heteroatoms. The number of H-pyrrole nitrogens is 1. The van der Waals surface area contributed by atoms with Crippen LogP contribution in [-0.2, 0) is 12.8 Å². The molecule has 1 aliphatic carbocycles. The molecule has 2 aromatic heterocycles. The summed E-state index contributed by atoms with van der Waals surface area (Å²) in [5, 5.41) is 12.3. The molecule has 0 saturated carbocycles. The summed E-state index contributed by atoms with van der Waals surface area (Å²) in [4.78, 5) is 32.8. The largest absolute Gasteiger partial charge is 0.305 e. The van der Waals surface area contributed by atoms with Crippen LogP contribution in [0.25, 0.3) is 21.3 Å². The Balaban J connectivity index is 1.76. The van der Waals surface area contributed by atoms with Crippen molar-refractivity contribution >= 4 is 50.0 Å². The number of aryl methyl sites for hydroxylation is 2. The lowest BCUT2D eigenvalue weighted by atomic mass is 9.99. The van der Waals surface area contributed by atoms with Crippen LogP contribution in [0.3, 0.4) is 0 Å². The Hall–Kier alpha value is -2.51. The topological polar surface area (TPSA) is 88.9 Å². The van der Waals surface area contributed by atoms with Crippen molar-refractivity contribution in [1.29, 1.82) is 0 Å². The second kappa shape index (κ2) is 7.14. The molecule has 0 bridgehead atoms. The Bertz CT molecular complexity index is 1190. The molecule has 3 aromatic rings. The van der Waals surface area contributed by atoms with Gasteiger partial charge < -0.3 is 4.98 Å². The molecule has 1 aromatic carbocycles. The van der Waals surface area contributed by atoms with Gasteiger partial charge in [-0.15, -0.1) is 11.3 Å². The van der Waals surface area contributed by atoms with E-state index in [0.29, 0.717) is 21.3 Å². The van der Waals surface area contributed by atoms with Crippen molar-refractivity contribution in [1.82, 2.24) is 9.97 Å². The highest BCUT2D eigenvalue weighted by molar-refractivity contribution is 7.18. The summed E-state index contributed by atoms with van der Waals surface area (Å²) >= 11 is 7.95. The summed E-state index contributed by atoms with van der Waals surface area (Å²) in [6.45, 7) is 3.82. The van der Waals surface area contributed by atoms with Gasteiger partial charge in [0.05, 0.1) is 15.3 Å². The highest BCUT2D eigenvalue weighted by Crippen LogP contribution is 2.35. The molecule has 28 heavy (non-hydrogen) atoms. The number of hydrogen-bond acceptors (Lipinski definition) is 5. The molecule has 0 fully saturated rings. The van der Waals surface area contributed by atoms with E-state index < -0.39 is 0 Å². The Morgan fingerprint density at radius 1 is 1.39 bits per heavy atom. The van der Waals surface area contributed by atoms with E-state index in [1.807, 2.05) is 13.8 Å². The number of aromatic nitrogens is 2. The fourth-order valence-corrected chi connectivity index (χ4v) is 5.10. The third-order valence-electron chi connectivity index (χ3n) is 4.97. The maximum Gasteiger partial charge on any atom is 0.273 e. The fraction of sp³-hybridized carbons (Fsp3) is 0.300. The van der Waals surface area contributed by atoms with Crippen LogP contribution in [0.2, 0.25) is 0 Å². The average Bonchev–Trinajstić information content (AvgIpc) is 3.21. The van der Waals surface area contributed by atoms with Crippen LogP contribution in [0.4, 0.5) is 5.69 Å². The first kappa shape index (κ1) is 18.8. The lowest BCUT2D eigenvalue weighted by Gasteiger charge is -2.07. The number of nitro benzene ring substituents is 1. The van der Waals surface area contributed by atoms with Crippen LogP contribution < -0.4 is 5.56 Å². The summed E-state index contributed by atoms with van der Waals surface area (Å²) < 4.78 is 0. The van der Waals surface area contributed by atoms with Gasteiger partial charge in [0.1, 0.15) is 4.83 Å². The van der Waals surface area contributed by atoms with Crippen LogP contribution in [0.1, 0.15) is 53.6 Å². The van der Waals surface area contributed by atoms with E-state index in [2.05, 4.69) is 9.97 Å². The predicted molar refractivity (Wildman–Crippen MR) is 113 cm³/mol. The molecule has 0 atom stereocenters. The highest BCUT2D eigenvalue weighted by atomic mass is 35.5. The van der Waals surface area contributed by atoms with Gasteiger partial charge >= 0.3 is 0 Å². The summed E-state index contributed by atoms with van der Waals surface area (Å²) in [6.07, 6.45) is 4.56. The Kier molecular flexibility index (Phi) is 4.81. The maximum absolute atomic E-state index is 12.6. The quantitative estimate of drug-likeness (QED) is 0.466. The zero-order chi connectivity index (χ0) is 20.0. The molecule has 1 N–H and O–H groups in total. The van der Waals surface area contributed by atoms with Gasteiger partial charge in [-0.1, -0.05) is 37.6 Å². The number of nitro groups is 1. The van der Waals surface area contributed by atoms with Crippen molar-refractivity contribution in [2.75, 3.05) is 0 Å². The number of fused-ring (bicyclic) bond motifs is 3. The van der Waals surface area contributed by atoms with Crippen molar-refractivity contribution in [2.24, 2.45) is 0 Å². The van der Waals surface area contributed by atoms with Crippen molar-refractivity contribution in [2.45, 2.75) is 39.0 Å². The number of nitrogens with zero attached hydrogens (tertiary/aromatic N) is 2. The molecule has 6 nitrogen and oxygen atoms in total. The number of nitrogens with one attached hydrogen (secondary N) is 1. The standard InChI is InChI=1S/C20H18ClN3O3S/c1-10(2)12-7-6-11(9-15(12)24(26)27)8-14(21)18-22-19(25)17-13-4-3-5-16(13)28-20(17)23-18/h6-10H,3-5H2,1-2H3,(H,22,23,25)/b14-8+. The zero-order valence-electron chi connectivity index (χ0n) is 15.4. The number of benzene rings is 1. The molecular formula is C20H18ClN3O3S. The monoisotopic (exact) mass is 415 g/mol. The van der Waals surface area contributed by atoms with Gasteiger partial charge in [-0.3, -0.25) is 14.9 Å². The van der Waals surface area contributed by atoms with Crippen LogP contribution >= 0.6 is 22.9 Å².